The number of hydrogen-bond acceptors (Lipinski definition) is 5. The SMILES string of the molecule is CCC/C(=C\c1ccc(O)cc1)CC[C@H]1OC[C@H]2C1=C(CO)CS2(=O)=O. The second-order valence-corrected chi connectivity index (χ2v) is 9.20. The summed E-state index contributed by atoms with van der Waals surface area (Å²) in [6.45, 7) is 2.12. The minimum Gasteiger partial charge on any atom is -0.508 e. The van der Waals surface area contributed by atoms with Crippen LogP contribution in [0.3, 0.4) is 0 Å². The van der Waals surface area contributed by atoms with Crippen molar-refractivity contribution in [3.8, 4) is 5.75 Å². The highest BCUT2D eigenvalue weighted by Gasteiger charge is 2.46. The quantitative estimate of drug-likeness (QED) is 0.713. The van der Waals surface area contributed by atoms with Gasteiger partial charge in [0.1, 0.15) is 11.0 Å². The summed E-state index contributed by atoms with van der Waals surface area (Å²) in [5, 5.41) is 18.4. The van der Waals surface area contributed by atoms with Crippen LogP contribution in [0.5, 0.6) is 5.75 Å². The van der Waals surface area contributed by atoms with Crippen LogP contribution < -0.4 is 0 Å². The highest BCUT2D eigenvalue weighted by molar-refractivity contribution is 7.92. The second kappa shape index (κ2) is 7.94. The maximum Gasteiger partial charge on any atom is 0.163 e. The molecule has 1 aromatic carbocycles. The molecule has 26 heavy (non-hydrogen) atoms. The van der Waals surface area contributed by atoms with Crippen LogP contribution >= 0.6 is 0 Å². The first-order valence-electron chi connectivity index (χ1n) is 9.09. The van der Waals surface area contributed by atoms with Crippen molar-refractivity contribution in [1.82, 2.24) is 0 Å². The zero-order chi connectivity index (χ0) is 18.7. The number of hydrogen-bond donors (Lipinski definition) is 2. The van der Waals surface area contributed by atoms with Crippen molar-refractivity contribution in [2.75, 3.05) is 19.0 Å². The molecule has 0 spiro atoms. The van der Waals surface area contributed by atoms with Gasteiger partial charge in [0.05, 0.1) is 25.1 Å². The summed E-state index contributed by atoms with van der Waals surface area (Å²) in [5.74, 6) is 0.213. The third-order valence-corrected chi connectivity index (χ3v) is 7.12. The van der Waals surface area contributed by atoms with Gasteiger partial charge in [0.2, 0.25) is 0 Å². The number of aliphatic hydroxyl groups is 1. The lowest BCUT2D eigenvalue weighted by Gasteiger charge is -2.14. The molecule has 2 heterocycles. The molecule has 6 heteroatoms. The Morgan fingerprint density at radius 3 is 2.65 bits per heavy atom. The topological polar surface area (TPSA) is 83.8 Å². The minimum atomic E-state index is -3.22. The van der Waals surface area contributed by atoms with Gasteiger partial charge in [0.15, 0.2) is 9.84 Å². The normalized spacial score (nSPS) is 24.9. The monoisotopic (exact) mass is 378 g/mol. The molecule has 2 N–H and O–H groups in total. The zero-order valence-electron chi connectivity index (χ0n) is 15.0. The van der Waals surface area contributed by atoms with Gasteiger partial charge in [0, 0.05) is 0 Å². The molecular weight excluding hydrogens is 352 g/mol. The van der Waals surface area contributed by atoms with Crippen LogP contribution in [0.1, 0.15) is 38.2 Å². The van der Waals surface area contributed by atoms with E-state index in [-0.39, 0.29) is 30.8 Å². The Labute approximate surface area is 154 Å². The molecule has 2 aliphatic heterocycles. The van der Waals surface area contributed by atoms with Gasteiger partial charge in [-0.15, -0.1) is 0 Å². The van der Waals surface area contributed by atoms with Crippen LogP contribution in [0.4, 0.5) is 0 Å². The van der Waals surface area contributed by atoms with E-state index in [1.165, 1.54) is 5.57 Å². The summed E-state index contributed by atoms with van der Waals surface area (Å²) in [4.78, 5) is 0. The Balaban J connectivity index is 1.73. The summed E-state index contributed by atoms with van der Waals surface area (Å²) >= 11 is 0. The van der Waals surface area contributed by atoms with Crippen LogP contribution in [0, 0.1) is 0 Å². The van der Waals surface area contributed by atoms with Crippen LogP contribution in [0.2, 0.25) is 0 Å². The summed E-state index contributed by atoms with van der Waals surface area (Å²) in [6.07, 6.45) is 5.42. The molecule has 2 aliphatic rings. The molecule has 5 nitrogen and oxygen atoms in total. The number of aliphatic hydroxyl groups excluding tert-OH is 1. The molecule has 0 aromatic heterocycles. The number of sulfone groups is 1. The highest BCUT2D eigenvalue weighted by atomic mass is 32.2. The fourth-order valence-corrected chi connectivity index (χ4v) is 5.79. The van der Waals surface area contributed by atoms with Gasteiger partial charge >= 0.3 is 0 Å². The Bertz CT molecular complexity index is 805. The van der Waals surface area contributed by atoms with E-state index in [4.69, 9.17) is 4.74 Å². The van der Waals surface area contributed by atoms with Crippen molar-refractivity contribution in [2.45, 2.75) is 44.0 Å². The Morgan fingerprint density at radius 1 is 1.27 bits per heavy atom. The molecule has 3 rings (SSSR count). The van der Waals surface area contributed by atoms with Gasteiger partial charge in [-0.25, -0.2) is 8.42 Å². The Kier molecular flexibility index (Phi) is 5.85. The van der Waals surface area contributed by atoms with E-state index < -0.39 is 15.1 Å². The molecule has 0 unspecified atom stereocenters. The summed E-state index contributed by atoms with van der Waals surface area (Å²) in [6, 6.07) is 7.09. The summed E-state index contributed by atoms with van der Waals surface area (Å²) in [5.41, 5.74) is 3.73. The number of ether oxygens (including phenoxy) is 1. The standard InChI is InChI=1S/C20H26O5S/c1-2-3-14(10-15-4-7-17(22)8-5-15)6-9-18-20-16(11-21)13-26(23,24)19(20)12-25-18/h4-5,7-8,10,18-19,21-22H,2-3,6,9,11-13H2,1H3/b14-10+/t18-,19+/m1/s1. The maximum absolute atomic E-state index is 12.2. The predicted molar refractivity (Wildman–Crippen MR) is 102 cm³/mol. The molecule has 0 bridgehead atoms. The lowest BCUT2D eigenvalue weighted by molar-refractivity contribution is 0.117. The zero-order valence-corrected chi connectivity index (χ0v) is 15.8. The smallest absolute Gasteiger partial charge is 0.163 e. The molecular formula is C20H26O5S. The molecule has 0 aliphatic carbocycles. The van der Waals surface area contributed by atoms with E-state index in [1.54, 1.807) is 12.1 Å². The molecule has 1 aromatic rings. The third-order valence-electron chi connectivity index (χ3n) is 5.11. The van der Waals surface area contributed by atoms with E-state index in [1.807, 2.05) is 12.1 Å². The number of benzene rings is 1. The van der Waals surface area contributed by atoms with Crippen molar-refractivity contribution in [3.63, 3.8) is 0 Å². The second-order valence-electron chi connectivity index (χ2n) is 7.02. The van der Waals surface area contributed by atoms with Gasteiger partial charge in [-0.3, -0.25) is 0 Å². The molecule has 0 saturated carbocycles. The first kappa shape index (κ1) is 19.1. The molecule has 2 atom stereocenters. The van der Waals surface area contributed by atoms with Crippen molar-refractivity contribution >= 4 is 15.9 Å². The maximum atomic E-state index is 12.2. The van der Waals surface area contributed by atoms with Crippen LogP contribution in [-0.2, 0) is 14.6 Å². The van der Waals surface area contributed by atoms with E-state index >= 15 is 0 Å². The summed E-state index contributed by atoms with van der Waals surface area (Å²) < 4.78 is 30.2. The van der Waals surface area contributed by atoms with Crippen LogP contribution in [0.25, 0.3) is 6.08 Å². The fraction of sp³-hybridized carbons (Fsp3) is 0.500. The van der Waals surface area contributed by atoms with E-state index in [0.717, 1.165) is 36.8 Å². The number of aromatic hydroxyl groups is 1. The molecule has 0 radical (unpaired) electrons. The minimum absolute atomic E-state index is 0.0332. The van der Waals surface area contributed by atoms with Crippen molar-refractivity contribution in [3.05, 3.63) is 46.5 Å². The average Bonchev–Trinajstić information content (AvgIpc) is 3.14. The van der Waals surface area contributed by atoms with E-state index in [9.17, 15) is 18.6 Å². The lowest BCUT2D eigenvalue weighted by atomic mass is 9.95. The highest BCUT2D eigenvalue weighted by Crippen LogP contribution is 2.38. The predicted octanol–water partition coefficient (Wildman–Crippen LogP) is 2.84. The van der Waals surface area contributed by atoms with Gasteiger partial charge in [-0.2, -0.15) is 0 Å². The van der Waals surface area contributed by atoms with E-state index in [0.29, 0.717) is 5.57 Å². The number of phenolic OH excluding ortho intramolecular Hbond substituents is 1. The Hall–Kier alpha value is -1.63. The van der Waals surface area contributed by atoms with Crippen molar-refractivity contribution in [2.24, 2.45) is 0 Å². The largest absolute Gasteiger partial charge is 0.508 e. The van der Waals surface area contributed by atoms with Gasteiger partial charge in [0.25, 0.3) is 0 Å². The van der Waals surface area contributed by atoms with Crippen LogP contribution in [-0.4, -0.2) is 49.0 Å². The molecule has 142 valence electrons. The lowest BCUT2D eigenvalue weighted by Crippen LogP contribution is -2.19. The van der Waals surface area contributed by atoms with E-state index in [2.05, 4.69) is 13.0 Å². The molecule has 0 amide bonds. The number of allylic oxidation sites excluding steroid dienone is 1. The fourth-order valence-electron chi connectivity index (χ4n) is 3.86. The first-order valence-corrected chi connectivity index (χ1v) is 10.8. The Morgan fingerprint density at radius 2 is 2.00 bits per heavy atom. The summed E-state index contributed by atoms with van der Waals surface area (Å²) in [7, 11) is -3.22. The van der Waals surface area contributed by atoms with Gasteiger partial charge in [-0.05, 0) is 48.1 Å². The van der Waals surface area contributed by atoms with Crippen molar-refractivity contribution < 1.29 is 23.4 Å². The van der Waals surface area contributed by atoms with Crippen molar-refractivity contribution in [1.29, 1.82) is 0 Å². The average molecular weight is 378 g/mol. The first-order chi connectivity index (χ1) is 12.4. The number of fused-ring (bicyclic) bond motifs is 1. The number of rotatable bonds is 7. The van der Waals surface area contributed by atoms with Crippen LogP contribution in [0.15, 0.2) is 41.0 Å². The molecule has 1 fully saturated rings. The third kappa shape index (κ3) is 4.03. The molecule has 1 saturated heterocycles. The van der Waals surface area contributed by atoms with Gasteiger partial charge in [-0.1, -0.05) is 37.1 Å². The van der Waals surface area contributed by atoms with Gasteiger partial charge < -0.3 is 14.9 Å². The number of phenols is 1.